The van der Waals surface area contributed by atoms with Gasteiger partial charge in [0.1, 0.15) is 6.04 Å². The number of rotatable bonds is 5. The molecule has 7 nitrogen and oxygen atoms in total. The lowest BCUT2D eigenvalue weighted by atomic mass is 9.94. The van der Waals surface area contributed by atoms with Gasteiger partial charge in [0.25, 0.3) is 5.91 Å². The molecule has 0 saturated carbocycles. The van der Waals surface area contributed by atoms with Crippen molar-refractivity contribution in [1.82, 2.24) is 19.6 Å². The fourth-order valence-electron chi connectivity index (χ4n) is 6.34. The summed E-state index contributed by atoms with van der Waals surface area (Å²) in [6.07, 6.45) is -3.77. The van der Waals surface area contributed by atoms with Crippen molar-refractivity contribution in [2.75, 3.05) is 45.8 Å². The first-order valence-electron chi connectivity index (χ1n) is 14.2. The highest BCUT2D eigenvalue weighted by atomic mass is 19.4. The van der Waals surface area contributed by atoms with E-state index in [0.29, 0.717) is 49.5 Å². The van der Waals surface area contributed by atoms with E-state index in [1.54, 1.807) is 13.8 Å². The van der Waals surface area contributed by atoms with Gasteiger partial charge < -0.3 is 14.7 Å². The molecule has 2 heterocycles. The Bertz CT molecular complexity index is 1390. The van der Waals surface area contributed by atoms with Gasteiger partial charge in [0, 0.05) is 51.9 Å². The normalized spacial score (nSPS) is 19.1. The van der Waals surface area contributed by atoms with Crippen LogP contribution >= 0.6 is 0 Å². The van der Waals surface area contributed by atoms with Gasteiger partial charge in [0.15, 0.2) is 0 Å². The molecular formula is C31H35F3N4O3. The van der Waals surface area contributed by atoms with Crippen molar-refractivity contribution < 1.29 is 27.6 Å². The van der Waals surface area contributed by atoms with E-state index in [4.69, 9.17) is 0 Å². The van der Waals surface area contributed by atoms with Gasteiger partial charge >= 0.3 is 12.1 Å². The Morgan fingerprint density at radius 3 is 1.95 bits per heavy atom. The number of halogens is 3. The first kappa shape index (κ1) is 28.9. The molecule has 0 N–H and O–H groups in total. The molecule has 2 fully saturated rings. The van der Waals surface area contributed by atoms with Crippen molar-refractivity contribution in [2.45, 2.75) is 44.9 Å². The minimum absolute atomic E-state index is 0.00143. The number of piperidine rings is 1. The third-order valence-electron chi connectivity index (χ3n) is 8.53. The molecule has 1 atom stereocenters. The minimum atomic E-state index is -5.04. The smallest absolute Gasteiger partial charge is 0.341 e. The standard InChI is InChI=1S/C31H35F3N4O3/c1-3-35(4-2)28(39)26-20-37(17-18-38(26)30(41)31(32,33)34)23-13-15-36(16-14-23)29(40)27-24-11-7-5-9-21(24)19-22-10-6-8-12-25(22)27/h5-12,19,23,26H,3-4,13-18,20H2,1-2H3. The Morgan fingerprint density at radius 1 is 0.854 bits per heavy atom. The quantitative estimate of drug-likeness (QED) is 0.424. The number of carbonyl (C=O) groups is 3. The molecule has 3 aromatic rings. The second-order valence-electron chi connectivity index (χ2n) is 10.7. The fraction of sp³-hybridized carbons (Fsp3) is 0.452. The van der Waals surface area contributed by atoms with Crippen LogP contribution in [0.1, 0.15) is 37.0 Å². The maximum Gasteiger partial charge on any atom is 0.471 e. The molecule has 41 heavy (non-hydrogen) atoms. The third kappa shape index (κ3) is 5.62. The number of piperazine rings is 1. The molecule has 0 aliphatic carbocycles. The Balaban J connectivity index is 1.33. The second-order valence-corrected chi connectivity index (χ2v) is 10.7. The lowest BCUT2D eigenvalue weighted by Gasteiger charge is -2.46. The van der Waals surface area contributed by atoms with Crippen molar-refractivity contribution in [3.63, 3.8) is 0 Å². The zero-order chi connectivity index (χ0) is 29.3. The molecule has 2 aliphatic heterocycles. The van der Waals surface area contributed by atoms with Crippen LogP contribution in [0.3, 0.4) is 0 Å². The zero-order valence-electron chi connectivity index (χ0n) is 23.4. The Morgan fingerprint density at radius 2 is 1.41 bits per heavy atom. The van der Waals surface area contributed by atoms with Crippen LogP contribution in [0.4, 0.5) is 13.2 Å². The van der Waals surface area contributed by atoms with E-state index in [2.05, 4.69) is 6.07 Å². The topological polar surface area (TPSA) is 64.2 Å². The molecule has 10 heteroatoms. The van der Waals surface area contributed by atoms with E-state index in [1.807, 2.05) is 58.3 Å². The Kier molecular flexibility index (Phi) is 8.22. The molecule has 0 radical (unpaired) electrons. The van der Waals surface area contributed by atoms with Crippen LogP contribution in [-0.2, 0) is 9.59 Å². The lowest BCUT2D eigenvalue weighted by Crippen LogP contribution is -2.65. The molecule has 5 rings (SSSR count). The molecule has 2 saturated heterocycles. The molecular weight excluding hydrogens is 533 g/mol. The van der Waals surface area contributed by atoms with E-state index in [-0.39, 0.29) is 31.6 Å². The van der Waals surface area contributed by atoms with Gasteiger partial charge in [-0.05, 0) is 54.3 Å². The highest BCUT2D eigenvalue weighted by Gasteiger charge is 2.49. The van der Waals surface area contributed by atoms with Crippen LogP contribution in [0.15, 0.2) is 54.6 Å². The van der Waals surface area contributed by atoms with Crippen LogP contribution in [-0.4, -0.2) is 101 Å². The average Bonchev–Trinajstić information content (AvgIpc) is 2.99. The Labute approximate surface area is 237 Å². The predicted octanol–water partition coefficient (Wildman–Crippen LogP) is 4.54. The summed E-state index contributed by atoms with van der Waals surface area (Å²) in [5, 5.41) is 3.81. The van der Waals surface area contributed by atoms with Crippen LogP contribution in [0.25, 0.3) is 21.5 Å². The van der Waals surface area contributed by atoms with E-state index < -0.39 is 24.0 Å². The van der Waals surface area contributed by atoms with E-state index >= 15 is 0 Å². The maximum absolute atomic E-state index is 13.9. The summed E-state index contributed by atoms with van der Waals surface area (Å²) in [6, 6.07) is 16.6. The zero-order valence-corrected chi connectivity index (χ0v) is 23.4. The van der Waals surface area contributed by atoms with E-state index in [1.165, 1.54) is 4.90 Å². The summed E-state index contributed by atoms with van der Waals surface area (Å²) in [7, 11) is 0. The van der Waals surface area contributed by atoms with Crippen LogP contribution in [0, 0.1) is 0 Å². The summed E-state index contributed by atoms with van der Waals surface area (Å²) in [4.78, 5) is 45.4. The molecule has 1 unspecified atom stereocenters. The van der Waals surface area contributed by atoms with Crippen LogP contribution in [0.5, 0.6) is 0 Å². The van der Waals surface area contributed by atoms with Crippen molar-refractivity contribution >= 4 is 39.3 Å². The van der Waals surface area contributed by atoms with Crippen molar-refractivity contribution in [2.24, 2.45) is 0 Å². The highest BCUT2D eigenvalue weighted by molar-refractivity contribution is 6.18. The first-order chi connectivity index (χ1) is 19.6. The molecule has 3 amide bonds. The van der Waals surface area contributed by atoms with E-state index in [0.717, 1.165) is 21.5 Å². The monoisotopic (exact) mass is 568 g/mol. The fourth-order valence-corrected chi connectivity index (χ4v) is 6.34. The molecule has 0 aromatic heterocycles. The largest absolute Gasteiger partial charge is 0.471 e. The molecule has 3 aromatic carbocycles. The van der Waals surface area contributed by atoms with Crippen molar-refractivity contribution in [1.29, 1.82) is 0 Å². The van der Waals surface area contributed by atoms with Crippen LogP contribution in [0.2, 0.25) is 0 Å². The second kappa shape index (κ2) is 11.7. The van der Waals surface area contributed by atoms with Gasteiger partial charge in [0.05, 0.1) is 5.56 Å². The number of amides is 3. The third-order valence-corrected chi connectivity index (χ3v) is 8.53. The number of carbonyl (C=O) groups excluding carboxylic acids is 3. The molecule has 2 aliphatic rings. The minimum Gasteiger partial charge on any atom is -0.341 e. The number of benzene rings is 3. The first-order valence-corrected chi connectivity index (χ1v) is 14.2. The number of likely N-dealkylation sites (N-methyl/N-ethyl adjacent to an activating group) is 1. The molecule has 0 bridgehead atoms. The number of nitrogens with zero attached hydrogens (tertiary/aromatic N) is 4. The Hall–Kier alpha value is -3.66. The predicted molar refractivity (Wildman–Crippen MR) is 151 cm³/mol. The molecule has 218 valence electrons. The van der Waals surface area contributed by atoms with Crippen molar-refractivity contribution in [3.8, 4) is 0 Å². The SMILES string of the molecule is CCN(CC)C(=O)C1CN(C2CCN(C(=O)c3c4ccccc4cc4ccccc34)CC2)CCN1C(=O)C(F)(F)F. The number of hydrogen-bond acceptors (Lipinski definition) is 4. The molecule has 0 spiro atoms. The van der Waals surface area contributed by atoms with Gasteiger partial charge in [-0.25, -0.2) is 0 Å². The van der Waals surface area contributed by atoms with Gasteiger partial charge in [0.2, 0.25) is 5.91 Å². The average molecular weight is 569 g/mol. The van der Waals surface area contributed by atoms with Crippen LogP contribution < -0.4 is 0 Å². The maximum atomic E-state index is 13.9. The van der Waals surface area contributed by atoms with Gasteiger partial charge in [-0.2, -0.15) is 13.2 Å². The number of likely N-dealkylation sites (tertiary alicyclic amines) is 1. The highest BCUT2D eigenvalue weighted by Crippen LogP contribution is 2.31. The van der Waals surface area contributed by atoms with Crippen molar-refractivity contribution in [3.05, 3.63) is 60.2 Å². The van der Waals surface area contributed by atoms with Gasteiger partial charge in [-0.15, -0.1) is 0 Å². The number of fused-ring (bicyclic) bond motifs is 2. The van der Waals surface area contributed by atoms with Gasteiger partial charge in [-0.1, -0.05) is 48.5 Å². The summed E-state index contributed by atoms with van der Waals surface area (Å²) in [5.74, 6) is -2.47. The number of alkyl halides is 3. The summed E-state index contributed by atoms with van der Waals surface area (Å²) in [5.41, 5.74) is 0.682. The summed E-state index contributed by atoms with van der Waals surface area (Å²) in [6.45, 7) is 5.35. The summed E-state index contributed by atoms with van der Waals surface area (Å²) < 4.78 is 40.1. The lowest BCUT2D eigenvalue weighted by molar-refractivity contribution is -0.192. The van der Waals surface area contributed by atoms with Gasteiger partial charge in [-0.3, -0.25) is 19.3 Å². The number of hydrogen-bond donors (Lipinski definition) is 0. The summed E-state index contributed by atoms with van der Waals surface area (Å²) >= 11 is 0. The van der Waals surface area contributed by atoms with E-state index in [9.17, 15) is 27.6 Å².